The summed E-state index contributed by atoms with van der Waals surface area (Å²) in [5, 5.41) is 0. The van der Waals surface area contributed by atoms with E-state index in [2.05, 4.69) is 13.0 Å². The molecule has 1 nitrogen and oxygen atoms in total. The Labute approximate surface area is 57.7 Å². The first kappa shape index (κ1) is 8.70. The average Bonchev–Trinajstić information content (AvgIpc) is 1.88. The second-order valence-electron chi connectivity index (χ2n) is 2.09. The van der Waals surface area contributed by atoms with Gasteiger partial charge in [0.25, 0.3) is 0 Å². The summed E-state index contributed by atoms with van der Waals surface area (Å²) in [6.07, 6.45) is 6.76. The van der Waals surface area contributed by atoms with Crippen molar-refractivity contribution in [1.29, 1.82) is 0 Å². The molecule has 0 spiro atoms. The molecule has 0 heterocycles. The smallest absolute Gasteiger partial charge is 0.0751 e. The molecule has 9 heavy (non-hydrogen) atoms. The second kappa shape index (κ2) is 5.83. The van der Waals surface area contributed by atoms with Crippen LogP contribution in [-0.2, 0) is 4.74 Å². The van der Waals surface area contributed by atoms with Gasteiger partial charge < -0.3 is 4.74 Å². The van der Waals surface area contributed by atoms with Crippen LogP contribution in [0.2, 0.25) is 0 Å². The normalized spacial score (nSPS) is 14.6. The standard InChI is InChI=1S/C8H16O/c1-4-6-8(9-3)7-5-2/h4,6,8H,5,7H2,1-3H3/b6-4+/t8-/m0/s1. The zero-order valence-electron chi connectivity index (χ0n) is 6.55. The van der Waals surface area contributed by atoms with Crippen LogP contribution >= 0.6 is 0 Å². The highest BCUT2D eigenvalue weighted by atomic mass is 16.5. The minimum absolute atomic E-state index is 0.333. The van der Waals surface area contributed by atoms with Gasteiger partial charge in [0.2, 0.25) is 0 Å². The van der Waals surface area contributed by atoms with E-state index in [-0.39, 0.29) is 0 Å². The molecule has 0 N–H and O–H groups in total. The van der Waals surface area contributed by atoms with Crippen molar-refractivity contribution in [3.05, 3.63) is 12.2 Å². The molecule has 0 saturated carbocycles. The fourth-order valence-corrected chi connectivity index (χ4v) is 0.792. The molecule has 0 aliphatic rings. The molecule has 0 bridgehead atoms. The molecule has 0 aromatic rings. The maximum Gasteiger partial charge on any atom is 0.0751 e. The monoisotopic (exact) mass is 128 g/mol. The molecular formula is C8H16O. The maximum atomic E-state index is 5.14. The van der Waals surface area contributed by atoms with Crippen molar-refractivity contribution in [2.45, 2.75) is 32.8 Å². The Kier molecular flexibility index (Phi) is 5.64. The molecule has 0 amide bonds. The number of allylic oxidation sites excluding steroid dienone is 1. The van der Waals surface area contributed by atoms with E-state index in [0.717, 1.165) is 6.42 Å². The highest BCUT2D eigenvalue weighted by Gasteiger charge is 1.97. The molecule has 0 aliphatic heterocycles. The van der Waals surface area contributed by atoms with Gasteiger partial charge in [0.05, 0.1) is 6.10 Å². The Morgan fingerprint density at radius 2 is 2.22 bits per heavy atom. The first-order valence-corrected chi connectivity index (χ1v) is 3.50. The quantitative estimate of drug-likeness (QED) is 0.528. The summed E-state index contributed by atoms with van der Waals surface area (Å²) in [5.41, 5.74) is 0. The summed E-state index contributed by atoms with van der Waals surface area (Å²) in [6, 6.07) is 0. The van der Waals surface area contributed by atoms with E-state index in [1.54, 1.807) is 7.11 Å². The van der Waals surface area contributed by atoms with Crippen molar-refractivity contribution in [3.63, 3.8) is 0 Å². The van der Waals surface area contributed by atoms with Crippen LogP contribution < -0.4 is 0 Å². The van der Waals surface area contributed by atoms with Crippen LogP contribution in [0.1, 0.15) is 26.7 Å². The van der Waals surface area contributed by atoms with E-state index in [1.807, 2.05) is 13.0 Å². The van der Waals surface area contributed by atoms with Gasteiger partial charge in [-0.05, 0) is 13.3 Å². The SMILES string of the molecule is C/C=C/[C@@H](CCC)OC. The van der Waals surface area contributed by atoms with Crippen molar-refractivity contribution in [1.82, 2.24) is 0 Å². The summed E-state index contributed by atoms with van der Waals surface area (Å²) in [5.74, 6) is 0. The van der Waals surface area contributed by atoms with Crippen LogP contribution in [0.15, 0.2) is 12.2 Å². The van der Waals surface area contributed by atoms with Gasteiger partial charge in [-0.1, -0.05) is 25.5 Å². The number of ether oxygens (including phenoxy) is 1. The minimum Gasteiger partial charge on any atom is -0.377 e. The summed E-state index contributed by atoms with van der Waals surface area (Å²) in [7, 11) is 1.75. The molecule has 0 rings (SSSR count). The molecule has 54 valence electrons. The van der Waals surface area contributed by atoms with Crippen LogP contribution in [0.5, 0.6) is 0 Å². The van der Waals surface area contributed by atoms with Crippen LogP contribution in [0, 0.1) is 0 Å². The Balaban J connectivity index is 3.41. The maximum absolute atomic E-state index is 5.14. The first-order chi connectivity index (χ1) is 4.35. The molecule has 0 fully saturated rings. The van der Waals surface area contributed by atoms with E-state index < -0.39 is 0 Å². The zero-order chi connectivity index (χ0) is 7.11. The van der Waals surface area contributed by atoms with Crippen LogP contribution in [0.3, 0.4) is 0 Å². The van der Waals surface area contributed by atoms with Gasteiger partial charge >= 0.3 is 0 Å². The predicted octanol–water partition coefficient (Wildman–Crippen LogP) is 2.38. The summed E-state index contributed by atoms with van der Waals surface area (Å²) >= 11 is 0. The van der Waals surface area contributed by atoms with Gasteiger partial charge in [-0.2, -0.15) is 0 Å². The largest absolute Gasteiger partial charge is 0.377 e. The van der Waals surface area contributed by atoms with Crippen molar-refractivity contribution in [2.24, 2.45) is 0 Å². The molecular weight excluding hydrogens is 112 g/mol. The fourth-order valence-electron chi connectivity index (χ4n) is 0.792. The van der Waals surface area contributed by atoms with Gasteiger partial charge in [0.1, 0.15) is 0 Å². The predicted molar refractivity (Wildman–Crippen MR) is 40.5 cm³/mol. The van der Waals surface area contributed by atoms with E-state index in [0.29, 0.717) is 6.10 Å². The van der Waals surface area contributed by atoms with E-state index in [4.69, 9.17) is 4.74 Å². The fraction of sp³-hybridized carbons (Fsp3) is 0.750. The highest BCUT2D eigenvalue weighted by molar-refractivity contribution is 4.85. The van der Waals surface area contributed by atoms with Crippen molar-refractivity contribution in [3.8, 4) is 0 Å². The Bertz CT molecular complexity index is 76.6. The number of methoxy groups -OCH3 is 1. The number of hydrogen-bond donors (Lipinski definition) is 0. The van der Waals surface area contributed by atoms with Crippen molar-refractivity contribution >= 4 is 0 Å². The lowest BCUT2D eigenvalue weighted by molar-refractivity contribution is 0.133. The van der Waals surface area contributed by atoms with Gasteiger partial charge in [-0.25, -0.2) is 0 Å². The molecule has 0 unspecified atom stereocenters. The van der Waals surface area contributed by atoms with Gasteiger partial charge in [0, 0.05) is 7.11 Å². The van der Waals surface area contributed by atoms with Crippen LogP contribution in [-0.4, -0.2) is 13.2 Å². The van der Waals surface area contributed by atoms with E-state index >= 15 is 0 Å². The lowest BCUT2D eigenvalue weighted by Crippen LogP contribution is -2.04. The van der Waals surface area contributed by atoms with Crippen LogP contribution in [0.4, 0.5) is 0 Å². The van der Waals surface area contributed by atoms with Gasteiger partial charge in [-0.3, -0.25) is 0 Å². The minimum atomic E-state index is 0.333. The zero-order valence-corrected chi connectivity index (χ0v) is 6.55. The first-order valence-electron chi connectivity index (χ1n) is 3.50. The van der Waals surface area contributed by atoms with Crippen molar-refractivity contribution < 1.29 is 4.74 Å². The van der Waals surface area contributed by atoms with Gasteiger partial charge in [-0.15, -0.1) is 0 Å². The summed E-state index contributed by atoms with van der Waals surface area (Å²) in [6.45, 7) is 4.18. The highest BCUT2D eigenvalue weighted by Crippen LogP contribution is 2.01. The average molecular weight is 128 g/mol. The Morgan fingerprint density at radius 1 is 1.56 bits per heavy atom. The summed E-state index contributed by atoms with van der Waals surface area (Å²) < 4.78 is 5.14. The molecule has 0 aliphatic carbocycles. The number of hydrogen-bond acceptors (Lipinski definition) is 1. The molecule has 1 atom stereocenters. The third kappa shape index (κ3) is 4.22. The third-order valence-electron chi connectivity index (χ3n) is 1.28. The Hall–Kier alpha value is -0.300. The molecule has 0 saturated heterocycles. The van der Waals surface area contributed by atoms with Crippen LogP contribution in [0.25, 0.3) is 0 Å². The lowest BCUT2D eigenvalue weighted by Gasteiger charge is -2.07. The number of rotatable bonds is 4. The third-order valence-corrected chi connectivity index (χ3v) is 1.28. The van der Waals surface area contributed by atoms with Crippen molar-refractivity contribution in [2.75, 3.05) is 7.11 Å². The molecule has 0 aromatic carbocycles. The lowest BCUT2D eigenvalue weighted by atomic mass is 10.2. The molecule has 0 radical (unpaired) electrons. The summed E-state index contributed by atoms with van der Waals surface area (Å²) in [4.78, 5) is 0. The molecule has 1 heteroatoms. The Morgan fingerprint density at radius 3 is 2.56 bits per heavy atom. The van der Waals surface area contributed by atoms with E-state index in [9.17, 15) is 0 Å². The van der Waals surface area contributed by atoms with Gasteiger partial charge in [0.15, 0.2) is 0 Å². The van der Waals surface area contributed by atoms with E-state index in [1.165, 1.54) is 6.42 Å². The second-order valence-corrected chi connectivity index (χ2v) is 2.09. The topological polar surface area (TPSA) is 9.23 Å². The molecule has 0 aromatic heterocycles.